The van der Waals surface area contributed by atoms with E-state index in [4.69, 9.17) is 5.11 Å². The van der Waals surface area contributed by atoms with Crippen molar-refractivity contribution in [2.24, 2.45) is 11.8 Å². The van der Waals surface area contributed by atoms with Crippen molar-refractivity contribution in [3.05, 3.63) is 28.5 Å². The second-order valence-electron chi connectivity index (χ2n) is 5.15. The number of aliphatic carboxylic acids is 1. The highest BCUT2D eigenvalue weighted by atomic mass is 79.9. The summed E-state index contributed by atoms with van der Waals surface area (Å²) >= 11 is 3.22. The van der Waals surface area contributed by atoms with Gasteiger partial charge in [-0.05, 0) is 46.3 Å². The summed E-state index contributed by atoms with van der Waals surface area (Å²) in [6, 6.07) is 3.35. The molecule has 1 rings (SSSR count). The molecule has 110 valence electrons. The number of hydrogen-bond acceptors (Lipinski definition) is 3. The van der Waals surface area contributed by atoms with Gasteiger partial charge in [0.15, 0.2) is 0 Å². The van der Waals surface area contributed by atoms with Gasteiger partial charge in [0.25, 0.3) is 5.91 Å². The third-order valence-corrected chi connectivity index (χ3v) is 3.45. The molecule has 20 heavy (non-hydrogen) atoms. The van der Waals surface area contributed by atoms with Crippen LogP contribution in [0.5, 0.6) is 0 Å². The van der Waals surface area contributed by atoms with Crippen LogP contribution in [0.4, 0.5) is 0 Å². The first-order valence-corrected chi connectivity index (χ1v) is 7.30. The summed E-state index contributed by atoms with van der Waals surface area (Å²) in [4.78, 5) is 26.8. The number of pyridine rings is 1. The normalized spacial score (nSPS) is 12.2. The molecule has 2 N–H and O–H groups in total. The lowest BCUT2D eigenvalue weighted by molar-refractivity contribution is -0.138. The Labute approximate surface area is 126 Å². The van der Waals surface area contributed by atoms with Gasteiger partial charge in [0.2, 0.25) is 0 Å². The minimum atomic E-state index is -0.840. The molecule has 6 heteroatoms. The second-order valence-corrected chi connectivity index (χ2v) is 5.90. The fourth-order valence-electron chi connectivity index (χ4n) is 2.04. The first kappa shape index (κ1) is 16.6. The van der Waals surface area contributed by atoms with Crippen molar-refractivity contribution in [3.8, 4) is 0 Å². The molecule has 0 aromatic carbocycles. The van der Waals surface area contributed by atoms with Crippen molar-refractivity contribution in [2.45, 2.75) is 26.7 Å². The smallest absolute Gasteiger partial charge is 0.303 e. The van der Waals surface area contributed by atoms with Crippen molar-refractivity contribution >= 4 is 27.8 Å². The monoisotopic (exact) mass is 342 g/mol. The molecule has 0 saturated carbocycles. The molecule has 0 bridgehead atoms. The zero-order valence-electron chi connectivity index (χ0n) is 11.6. The molecular weight excluding hydrogens is 324 g/mol. The molecule has 0 aliphatic heterocycles. The van der Waals surface area contributed by atoms with E-state index in [9.17, 15) is 9.59 Å². The number of aromatic nitrogens is 1. The van der Waals surface area contributed by atoms with Crippen molar-refractivity contribution in [1.82, 2.24) is 10.3 Å². The summed E-state index contributed by atoms with van der Waals surface area (Å²) in [6.45, 7) is 4.42. The van der Waals surface area contributed by atoms with Crippen LogP contribution >= 0.6 is 15.9 Å². The standard InChI is InChI=1S/C14H19BrN2O3/c1-9(2)6-10(7-12(18)19)8-17-14(20)11-4-3-5-16-13(11)15/h3-5,9-10H,6-8H2,1-2H3,(H,17,20)(H,18,19). The summed E-state index contributed by atoms with van der Waals surface area (Å²) < 4.78 is 0.483. The molecular formula is C14H19BrN2O3. The average molecular weight is 343 g/mol. The molecule has 0 spiro atoms. The minimum absolute atomic E-state index is 0.0622. The van der Waals surface area contributed by atoms with Crippen molar-refractivity contribution in [3.63, 3.8) is 0 Å². The first-order chi connectivity index (χ1) is 9.40. The lowest BCUT2D eigenvalue weighted by Gasteiger charge is -2.17. The van der Waals surface area contributed by atoms with E-state index in [1.165, 1.54) is 0 Å². The minimum Gasteiger partial charge on any atom is -0.481 e. The van der Waals surface area contributed by atoms with Crippen LogP contribution in [0, 0.1) is 11.8 Å². The SMILES string of the molecule is CC(C)CC(CNC(=O)c1cccnc1Br)CC(=O)O. The van der Waals surface area contributed by atoms with Gasteiger partial charge in [-0.2, -0.15) is 0 Å². The number of rotatable bonds is 7. The molecule has 1 heterocycles. The number of nitrogens with one attached hydrogen (secondary N) is 1. The van der Waals surface area contributed by atoms with Crippen LogP contribution in [0.2, 0.25) is 0 Å². The highest BCUT2D eigenvalue weighted by molar-refractivity contribution is 9.10. The largest absolute Gasteiger partial charge is 0.481 e. The molecule has 0 radical (unpaired) electrons. The quantitative estimate of drug-likeness (QED) is 0.746. The maximum absolute atomic E-state index is 12.0. The fraction of sp³-hybridized carbons (Fsp3) is 0.500. The number of carboxylic acid groups (broad SMARTS) is 1. The van der Waals surface area contributed by atoms with E-state index in [2.05, 4.69) is 26.2 Å². The topological polar surface area (TPSA) is 79.3 Å². The molecule has 1 unspecified atom stereocenters. The van der Waals surface area contributed by atoms with Crippen LogP contribution in [-0.4, -0.2) is 28.5 Å². The highest BCUT2D eigenvalue weighted by Crippen LogP contribution is 2.16. The summed E-state index contributed by atoms with van der Waals surface area (Å²) in [5, 5.41) is 11.7. The fourth-order valence-corrected chi connectivity index (χ4v) is 2.47. The van der Waals surface area contributed by atoms with Gasteiger partial charge in [-0.1, -0.05) is 13.8 Å². The maximum Gasteiger partial charge on any atom is 0.303 e. The van der Waals surface area contributed by atoms with Gasteiger partial charge in [0.1, 0.15) is 4.60 Å². The summed E-state index contributed by atoms with van der Waals surface area (Å²) in [5.41, 5.74) is 0.450. The van der Waals surface area contributed by atoms with E-state index in [1.807, 2.05) is 13.8 Å². The zero-order chi connectivity index (χ0) is 15.1. The Kier molecular flexibility index (Phi) is 6.64. The number of amides is 1. The number of nitrogens with zero attached hydrogens (tertiary/aromatic N) is 1. The van der Waals surface area contributed by atoms with E-state index in [0.717, 1.165) is 6.42 Å². The molecule has 1 amide bonds. The van der Waals surface area contributed by atoms with Crippen LogP contribution < -0.4 is 5.32 Å². The Morgan fingerprint density at radius 1 is 1.45 bits per heavy atom. The van der Waals surface area contributed by atoms with E-state index in [0.29, 0.717) is 22.6 Å². The Hall–Kier alpha value is -1.43. The Bertz CT molecular complexity index is 477. The van der Waals surface area contributed by atoms with E-state index < -0.39 is 5.97 Å². The number of carboxylic acids is 1. The van der Waals surface area contributed by atoms with Crippen molar-refractivity contribution in [1.29, 1.82) is 0 Å². The van der Waals surface area contributed by atoms with Crippen molar-refractivity contribution in [2.75, 3.05) is 6.54 Å². The molecule has 1 atom stereocenters. The molecule has 1 aromatic rings. The Morgan fingerprint density at radius 2 is 2.15 bits per heavy atom. The predicted molar refractivity (Wildman–Crippen MR) is 79.5 cm³/mol. The second kappa shape index (κ2) is 7.99. The summed E-state index contributed by atoms with van der Waals surface area (Å²) in [7, 11) is 0. The van der Waals surface area contributed by atoms with Gasteiger partial charge in [0.05, 0.1) is 5.56 Å². The van der Waals surface area contributed by atoms with Gasteiger partial charge >= 0.3 is 5.97 Å². The number of hydrogen-bond donors (Lipinski definition) is 2. The molecule has 1 aromatic heterocycles. The third-order valence-electron chi connectivity index (χ3n) is 2.82. The summed E-state index contributed by atoms with van der Waals surface area (Å²) in [6.07, 6.45) is 2.42. The van der Waals surface area contributed by atoms with Gasteiger partial charge in [0, 0.05) is 19.2 Å². The highest BCUT2D eigenvalue weighted by Gasteiger charge is 2.17. The lowest BCUT2D eigenvalue weighted by atomic mass is 9.94. The predicted octanol–water partition coefficient (Wildman–Crippen LogP) is 2.71. The first-order valence-electron chi connectivity index (χ1n) is 6.50. The zero-order valence-corrected chi connectivity index (χ0v) is 13.2. The lowest BCUT2D eigenvalue weighted by Crippen LogP contribution is -2.31. The number of carbonyl (C=O) groups is 2. The van der Waals surface area contributed by atoms with E-state index >= 15 is 0 Å². The van der Waals surface area contributed by atoms with Crippen LogP contribution in [0.3, 0.4) is 0 Å². The molecule has 0 fully saturated rings. The number of halogens is 1. The summed E-state index contributed by atoms with van der Waals surface area (Å²) in [5.74, 6) is -0.759. The molecule has 0 saturated heterocycles. The molecule has 0 aliphatic rings. The maximum atomic E-state index is 12.0. The van der Waals surface area contributed by atoms with Gasteiger partial charge in [-0.15, -0.1) is 0 Å². The third kappa shape index (κ3) is 5.69. The van der Waals surface area contributed by atoms with Crippen LogP contribution in [0.1, 0.15) is 37.0 Å². The van der Waals surface area contributed by atoms with Crippen LogP contribution in [0.25, 0.3) is 0 Å². The van der Waals surface area contributed by atoms with E-state index in [-0.39, 0.29) is 18.2 Å². The average Bonchev–Trinajstić information content (AvgIpc) is 2.34. The van der Waals surface area contributed by atoms with Crippen LogP contribution in [0.15, 0.2) is 22.9 Å². The molecule has 0 aliphatic carbocycles. The van der Waals surface area contributed by atoms with Gasteiger partial charge in [-0.25, -0.2) is 4.98 Å². The molecule has 5 nitrogen and oxygen atoms in total. The van der Waals surface area contributed by atoms with Gasteiger partial charge < -0.3 is 10.4 Å². The number of carbonyl (C=O) groups excluding carboxylic acids is 1. The Balaban J connectivity index is 2.60. The van der Waals surface area contributed by atoms with Gasteiger partial charge in [-0.3, -0.25) is 9.59 Å². The van der Waals surface area contributed by atoms with E-state index in [1.54, 1.807) is 18.3 Å². The van der Waals surface area contributed by atoms with Crippen molar-refractivity contribution < 1.29 is 14.7 Å². The Morgan fingerprint density at radius 3 is 2.70 bits per heavy atom. The van der Waals surface area contributed by atoms with Crippen LogP contribution in [-0.2, 0) is 4.79 Å².